The Bertz CT molecular complexity index is 3780. The zero-order valence-corrected chi connectivity index (χ0v) is 57.3. The Labute approximate surface area is 557 Å². The summed E-state index contributed by atoms with van der Waals surface area (Å²) < 4.78 is 39.5. The Morgan fingerprint density at radius 2 is 1.49 bits per heavy atom. The number of phosphoric ester groups is 1. The number of aliphatic hydroxyl groups is 1. The van der Waals surface area contributed by atoms with Crippen LogP contribution in [0.3, 0.4) is 0 Å². The molecule has 3 fully saturated rings. The summed E-state index contributed by atoms with van der Waals surface area (Å²) in [6.07, 6.45) is -6.25. The highest BCUT2D eigenvalue weighted by molar-refractivity contribution is 7.47. The number of nitrogens with two attached hydrogens (primary N) is 5. The van der Waals surface area contributed by atoms with E-state index in [1.807, 2.05) is 52.8 Å². The fourth-order valence-electron chi connectivity index (χ4n) is 16.1. The molecule has 30 nitrogen and oxygen atoms in total. The molecule has 0 radical (unpaired) electrons. The number of nitrogens with one attached hydrogen (secondary N) is 4. The van der Waals surface area contributed by atoms with Crippen LogP contribution in [0.4, 0.5) is 4.79 Å². The molecule has 15 atom stereocenters. The first kappa shape index (κ1) is 72.5. The molecule has 524 valence electrons. The van der Waals surface area contributed by atoms with Gasteiger partial charge in [-0.3, -0.25) is 52.8 Å². The molecular formula is C65H93N15O15P-. The summed E-state index contributed by atoms with van der Waals surface area (Å²) in [6, 6.07) is 2.45. The zero-order chi connectivity index (χ0) is 70.7. The van der Waals surface area contributed by atoms with E-state index in [1.54, 1.807) is 39.2 Å². The zero-order valence-electron chi connectivity index (χ0n) is 56.4. The van der Waals surface area contributed by atoms with Crippen LogP contribution in [-0.4, -0.2) is 164 Å². The Morgan fingerprint density at radius 3 is 2.10 bits per heavy atom. The highest BCUT2D eigenvalue weighted by Gasteiger charge is 2.68. The van der Waals surface area contributed by atoms with E-state index in [0.717, 1.165) is 11.1 Å². The van der Waals surface area contributed by atoms with E-state index >= 15 is 4.79 Å². The Hall–Kier alpha value is -7.73. The van der Waals surface area contributed by atoms with Crippen LogP contribution in [-0.2, 0) is 51.9 Å². The van der Waals surface area contributed by atoms with Crippen molar-refractivity contribution in [3.8, 4) is 0 Å². The molecule has 2 unspecified atom stereocenters. The van der Waals surface area contributed by atoms with Crippen LogP contribution in [0.1, 0.15) is 137 Å². The third kappa shape index (κ3) is 13.7. The number of amides is 7. The van der Waals surface area contributed by atoms with E-state index in [-0.39, 0.29) is 50.7 Å². The number of rotatable bonds is 25. The minimum atomic E-state index is -5.31. The summed E-state index contributed by atoms with van der Waals surface area (Å²) >= 11 is 0. The van der Waals surface area contributed by atoms with Crippen molar-refractivity contribution in [2.24, 2.45) is 89.0 Å². The van der Waals surface area contributed by atoms with Gasteiger partial charge in [0, 0.05) is 133 Å². The number of piperazine rings is 1. The monoisotopic (exact) mass is 1350 g/mol. The normalized spacial score (nSPS) is 32.4. The first-order valence-electron chi connectivity index (χ1n) is 32.5. The van der Waals surface area contributed by atoms with Crippen molar-refractivity contribution in [1.29, 1.82) is 5.41 Å². The number of phosphoric acid groups is 1. The lowest BCUT2D eigenvalue weighted by molar-refractivity contribution is -0.220. The van der Waals surface area contributed by atoms with Crippen LogP contribution >= 0.6 is 7.82 Å². The second-order valence-corrected chi connectivity index (χ2v) is 29.7. The molecule has 3 saturated heterocycles. The fourth-order valence-corrected chi connectivity index (χ4v) is 17.2. The van der Waals surface area contributed by atoms with Gasteiger partial charge in [-0.2, -0.15) is 0 Å². The molecule has 1 aromatic heterocycles. The standard InChI is InChI=1S/C65H94N15O15P/c1-31-22-41-42(23-32(31)2)80(30-74-41)58-53(87)54(43(93-58)29-92-60(89)79-20-18-72-19-21-79)95-96(90,91)94-33(3)28-73-59(88)64(10)39(24-48(69)84)57-65(11)63(9,27-50(71)86)38(14-17-47(68)83)52(78-65)35(5)55-62(8,26-49(70)85)36(12-15-45(66)81)40(75-55)25-44-61(6,7)37(13-16-46(67)82)51(76-44)34(4)56(64)77-57/h22-23,25,30,33,36-39,43,53-54,57-58,72,75,87H,12-21,24,26-29H2,1-11H3,(H2,66,81)(H2,67,82)(H2,68,83)(H2,69,84)(H2,70,85)(H2,71,86)(H,73,88)(H,90,91)/p-1/b40-25?,51-34?,55-35-/t33-,36+,37-,38-,39+,43-,53-,54-,57-,58?,62+,63+,64-,65+/m1/s1. The SMILES string of the molecule is CC1=C2N=C(C=C3N/C(=C(/C)C4=N[C@@](C)([C@@H]5N=C1[C@](C)(C(=O)NC[C@@H](C)OP(=O)(O)O[C@@H]1[C@@H](COC(=O)N6CCNCC6)OC(n6cnc7cc(C)c(C)cc76)[C@@H]1O)[C@H]5CC(N)=O)[C@@](C)(CC(N)=O)[C@@H]4CCC(N)=O)[C@@](C)(CC(N)=O)[C@H]3CCC(=N)[O-])C(C)(C)[C@@H]2CCC(N)=O. The Morgan fingerprint density at radius 1 is 0.865 bits per heavy atom. The molecule has 16 N–H and O–H groups in total. The minimum Gasteiger partial charge on any atom is -0.862 e. The summed E-state index contributed by atoms with van der Waals surface area (Å²) in [6.45, 7) is 20.2. The summed E-state index contributed by atoms with van der Waals surface area (Å²) in [5.41, 5.74) is 29.2. The average Bonchev–Trinajstić information content (AvgIpc) is 1.52. The number of hydrogen-bond donors (Lipinski definition) is 11. The first-order chi connectivity index (χ1) is 44.8. The van der Waals surface area contributed by atoms with Crippen molar-refractivity contribution in [3.05, 3.63) is 63.9 Å². The molecule has 0 saturated carbocycles. The number of aliphatic imine (C=N–C) groups is 3. The van der Waals surface area contributed by atoms with Crippen molar-refractivity contribution < 1.29 is 71.8 Å². The van der Waals surface area contributed by atoms with E-state index < -0.39 is 169 Å². The number of carbonyl (C=O) groups is 7. The van der Waals surface area contributed by atoms with Gasteiger partial charge in [-0.1, -0.05) is 27.7 Å². The van der Waals surface area contributed by atoms with Crippen LogP contribution < -0.4 is 49.7 Å². The van der Waals surface area contributed by atoms with Gasteiger partial charge in [0.2, 0.25) is 35.4 Å². The van der Waals surface area contributed by atoms with Crippen LogP contribution in [0.2, 0.25) is 0 Å². The highest BCUT2D eigenvalue weighted by Crippen LogP contribution is 2.62. The largest absolute Gasteiger partial charge is 0.862 e. The number of fused-ring (bicyclic) bond motifs is 7. The number of primary amides is 5. The third-order valence-corrected chi connectivity index (χ3v) is 22.7. The molecule has 8 heterocycles. The number of ether oxygens (including phenoxy) is 2. The van der Waals surface area contributed by atoms with Gasteiger partial charge < -0.3 is 84.1 Å². The van der Waals surface area contributed by atoms with Crippen LogP contribution in [0.15, 0.2) is 67.8 Å². The second kappa shape index (κ2) is 27.3. The van der Waals surface area contributed by atoms with Gasteiger partial charge in [0.1, 0.15) is 24.9 Å². The predicted octanol–water partition coefficient (Wildman–Crippen LogP) is 2.28. The number of hydrogen-bond acceptors (Lipinski definition) is 21. The van der Waals surface area contributed by atoms with Crippen molar-refractivity contribution in [2.45, 2.75) is 176 Å². The van der Waals surface area contributed by atoms with E-state index in [1.165, 1.54) is 18.2 Å². The van der Waals surface area contributed by atoms with Crippen molar-refractivity contribution >= 4 is 83.4 Å². The lowest BCUT2D eigenvalue weighted by Crippen LogP contribution is -2.58. The topological polar surface area (TPSA) is 485 Å². The van der Waals surface area contributed by atoms with Gasteiger partial charge in [-0.25, -0.2) is 14.3 Å². The smallest absolute Gasteiger partial charge is 0.472 e. The van der Waals surface area contributed by atoms with E-state index in [9.17, 15) is 48.4 Å². The highest BCUT2D eigenvalue weighted by atomic mass is 31.2. The van der Waals surface area contributed by atoms with E-state index in [2.05, 4.69) is 20.9 Å². The minimum absolute atomic E-state index is 0.00284. The molecule has 31 heteroatoms. The third-order valence-electron chi connectivity index (χ3n) is 21.6. The lowest BCUT2D eigenvalue weighted by Gasteiger charge is -2.48. The van der Waals surface area contributed by atoms with Crippen LogP contribution in [0, 0.1) is 64.6 Å². The number of allylic oxidation sites excluding steroid dienone is 6. The van der Waals surface area contributed by atoms with Gasteiger partial charge in [0.15, 0.2) is 6.23 Å². The quantitative estimate of drug-likeness (QED) is 0.0386. The molecule has 0 aliphatic carbocycles. The molecule has 7 amide bonds. The molecule has 7 aliphatic rings. The maximum absolute atomic E-state index is 16.0. The number of aromatic nitrogens is 2. The molecule has 1 aromatic carbocycles. The summed E-state index contributed by atoms with van der Waals surface area (Å²) in [4.78, 5) is 130. The number of aryl methyl sites for hydroxylation is 2. The number of carbonyl (C=O) groups excluding carboxylic acids is 7. The second-order valence-electron chi connectivity index (χ2n) is 28.4. The number of imidazole rings is 1. The maximum atomic E-state index is 16.0. The average molecular weight is 1360 g/mol. The van der Waals surface area contributed by atoms with E-state index in [0.29, 0.717) is 76.9 Å². The molecule has 0 spiro atoms. The van der Waals surface area contributed by atoms with Gasteiger partial charge in [0.05, 0.1) is 46.2 Å². The summed E-state index contributed by atoms with van der Waals surface area (Å²) in [5, 5.41) is 42.3. The maximum Gasteiger partial charge on any atom is 0.472 e. The Kier molecular flexibility index (Phi) is 20.6. The van der Waals surface area contributed by atoms with Crippen LogP contribution in [0.25, 0.3) is 11.0 Å². The van der Waals surface area contributed by atoms with Crippen molar-refractivity contribution in [1.82, 2.24) is 30.4 Å². The molecule has 7 aliphatic heterocycles. The number of aliphatic hydroxyl groups excluding tert-OH is 1. The van der Waals surface area contributed by atoms with Gasteiger partial charge in [-0.05, 0) is 121 Å². The fraction of sp³-hybridized carbons (Fsp3) is 0.631. The molecule has 9 rings (SSSR count). The molecule has 8 bridgehead atoms. The Balaban J connectivity index is 1.14. The van der Waals surface area contributed by atoms with Gasteiger partial charge in [-0.15, -0.1) is 0 Å². The van der Waals surface area contributed by atoms with Gasteiger partial charge in [0.25, 0.3) is 0 Å². The van der Waals surface area contributed by atoms with Crippen molar-refractivity contribution in [3.63, 3.8) is 0 Å². The van der Waals surface area contributed by atoms with E-state index in [4.69, 9.17) is 67.6 Å². The predicted molar refractivity (Wildman–Crippen MR) is 352 cm³/mol. The molecule has 2 aromatic rings. The van der Waals surface area contributed by atoms with Crippen LogP contribution in [0.5, 0.6) is 0 Å². The summed E-state index contributed by atoms with van der Waals surface area (Å²) in [7, 11) is -5.31. The molecular weight excluding hydrogens is 1260 g/mol. The van der Waals surface area contributed by atoms with Gasteiger partial charge >= 0.3 is 13.9 Å². The number of benzene rings is 1. The van der Waals surface area contributed by atoms with Crippen molar-refractivity contribution in [2.75, 3.05) is 39.3 Å². The lowest BCUT2D eigenvalue weighted by atomic mass is 9.56. The molecule has 96 heavy (non-hydrogen) atoms. The summed E-state index contributed by atoms with van der Waals surface area (Å²) in [5.74, 6) is -8.70. The first-order valence-corrected chi connectivity index (χ1v) is 34.0. The number of nitrogens with zero attached hydrogens (tertiary/aromatic N) is 6.